The number of unbranched alkanes of at least 4 members (excludes halogenated alkanes) is 2. The van der Waals surface area contributed by atoms with Crippen molar-refractivity contribution in [2.24, 2.45) is 17.4 Å². The minimum atomic E-state index is -1.05. The number of allylic oxidation sites excluding steroid dienone is 1. The predicted octanol–water partition coefficient (Wildman–Crippen LogP) is 0.869. The van der Waals surface area contributed by atoms with E-state index < -0.39 is 11.9 Å². The largest absolute Gasteiger partial charge is 0.494 e. The summed E-state index contributed by atoms with van der Waals surface area (Å²) in [5, 5.41) is 40.2. The van der Waals surface area contributed by atoms with Gasteiger partial charge in [-0.05, 0) is 79.8 Å². The van der Waals surface area contributed by atoms with Crippen LogP contribution in [0.5, 0.6) is 11.5 Å². The Hall–Kier alpha value is -6.27. The lowest BCUT2D eigenvalue weighted by atomic mass is 10.0. The van der Waals surface area contributed by atoms with Crippen molar-refractivity contribution in [3.63, 3.8) is 0 Å². The molecule has 1 amide bonds. The number of hydrogen-bond acceptors (Lipinski definition) is 13. The van der Waals surface area contributed by atoms with Crippen LogP contribution in [0.15, 0.2) is 60.7 Å². The molecule has 0 saturated carbocycles. The van der Waals surface area contributed by atoms with Crippen molar-refractivity contribution in [1.29, 1.82) is 10.8 Å². The van der Waals surface area contributed by atoms with E-state index >= 15 is 0 Å². The number of primary amides is 1. The van der Waals surface area contributed by atoms with Crippen molar-refractivity contribution in [1.82, 2.24) is 15.0 Å². The van der Waals surface area contributed by atoms with Gasteiger partial charge in [0.15, 0.2) is 17.6 Å². The number of aldehydes is 1. The summed E-state index contributed by atoms with van der Waals surface area (Å²) in [6.45, 7) is 0.941. The maximum atomic E-state index is 11.5. The summed E-state index contributed by atoms with van der Waals surface area (Å²) < 4.78 is 11.5. The molecule has 0 spiro atoms. The second kappa shape index (κ2) is 21.5. The number of carboxylic acids is 2. The van der Waals surface area contributed by atoms with E-state index in [0.717, 1.165) is 24.1 Å². The summed E-state index contributed by atoms with van der Waals surface area (Å²) in [6, 6.07) is 12.4. The molecule has 0 radical (unpaired) electrons. The Morgan fingerprint density at radius 1 is 0.958 bits per heavy atom. The van der Waals surface area contributed by atoms with Crippen LogP contribution in [-0.4, -0.2) is 76.0 Å². The maximum Gasteiger partial charge on any atom is 0.337 e. The highest BCUT2D eigenvalue weighted by atomic mass is 16.5. The third-order valence-electron chi connectivity index (χ3n) is 6.02. The van der Waals surface area contributed by atoms with E-state index in [2.05, 4.69) is 16.1 Å². The Morgan fingerprint density at radius 3 is 2.02 bits per heavy atom. The van der Waals surface area contributed by atoms with Crippen LogP contribution >= 0.6 is 0 Å². The summed E-state index contributed by atoms with van der Waals surface area (Å²) in [7, 11) is 1.66. The van der Waals surface area contributed by atoms with Gasteiger partial charge >= 0.3 is 11.9 Å². The van der Waals surface area contributed by atoms with Gasteiger partial charge in [0.25, 0.3) is 0 Å². The molecule has 1 heterocycles. The molecule has 0 saturated heterocycles. The molecular formula is C30H40N10O8. The van der Waals surface area contributed by atoms with Gasteiger partial charge < -0.3 is 36.6 Å². The Morgan fingerprint density at radius 2 is 1.52 bits per heavy atom. The standard InChI is InChI=1S/C24H31N5O6.C5H6N4O.CH3NO/c1-28-21-15-18(9-11-20(21)24(32)33)35-13-4-2-3-12-34-17-8-10-19(23(30)31)16(14-17)6-5-7-22(25)29(26)27;6-5-2-1-4(3-10)8-9(5)7;2-1-3/h5,7-11,14-15,25,28H,2-4,6,12-13,26-27H2,1H3,(H,30,31)(H,32,33);1-3,6H,7H2;1H,(H2,2,3)/b7-5-,25-22?;;. The topological polar surface area (TPSA) is 312 Å². The van der Waals surface area contributed by atoms with Gasteiger partial charge in [0, 0.05) is 13.1 Å². The number of nitrogens with zero attached hydrogens (tertiary/aromatic N) is 3. The number of nitrogens with two attached hydrogens (primary N) is 4. The summed E-state index contributed by atoms with van der Waals surface area (Å²) in [4.78, 5) is 42.2. The first-order chi connectivity index (χ1) is 22.9. The number of amides is 1. The lowest BCUT2D eigenvalue weighted by Crippen LogP contribution is -2.41. The molecule has 0 aliphatic rings. The fourth-order valence-corrected chi connectivity index (χ4v) is 3.70. The van der Waals surface area contributed by atoms with Crippen LogP contribution in [-0.2, 0) is 11.2 Å². The molecule has 18 nitrogen and oxygen atoms in total. The highest BCUT2D eigenvalue weighted by molar-refractivity contribution is 5.94. The summed E-state index contributed by atoms with van der Waals surface area (Å²) in [5.74, 6) is 14.7. The number of nitrogen functional groups attached to an aromatic ring is 1. The van der Waals surface area contributed by atoms with Crippen LogP contribution in [0, 0.1) is 10.8 Å². The number of hydrazine groups is 2. The first-order valence-corrected chi connectivity index (χ1v) is 14.1. The monoisotopic (exact) mass is 668 g/mol. The number of nitrogens with one attached hydrogen (secondary N) is 3. The number of benzene rings is 2. The second-order valence-electron chi connectivity index (χ2n) is 9.39. The number of rotatable bonds is 15. The van der Waals surface area contributed by atoms with Crippen LogP contribution < -0.4 is 43.5 Å². The Labute approximate surface area is 275 Å². The normalized spacial score (nSPS) is 9.98. The van der Waals surface area contributed by atoms with Gasteiger partial charge in [0.2, 0.25) is 6.41 Å². The number of carboxylic acid groups (broad SMARTS) is 2. The third kappa shape index (κ3) is 14.2. The van der Waals surface area contributed by atoms with Gasteiger partial charge in [-0.25, -0.2) is 26.4 Å². The summed E-state index contributed by atoms with van der Waals surface area (Å²) >= 11 is 0. The van der Waals surface area contributed by atoms with E-state index in [1.165, 1.54) is 30.3 Å². The molecule has 0 bridgehead atoms. The average Bonchev–Trinajstić information content (AvgIpc) is 3.05. The highest BCUT2D eigenvalue weighted by Gasteiger charge is 2.11. The average molecular weight is 669 g/mol. The number of hydrogen-bond donors (Lipinski definition) is 9. The Bertz CT molecular complexity index is 1630. The molecule has 1 aromatic heterocycles. The Kier molecular flexibility index (Phi) is 17.8. The zero-order valence-electron chi connectivity index (χ0n) is 26.2. The molecule has 0 aliphatic heterocycles. The number of aromatic nitrogens is 2. The van der Waals surface area contributed by atoms with E-state index in [9.17, 15) is 19.5 Å². The smallest absolute Gasteiger partial charge is 0.337 e. The molecule has 48 heavy (non-hydrogen) atoms. The molecule has 3 aromatic rings. The number of amidine groups is 1. The molecule has 0 atom stereocenters. The molecular weight excluding hydrogens is 628 g/mol. The first kappa shape index (κ1) is 39.8. The van der Waals surface area contributed by atoms with Crippen LogP contribution in [0.1, 0.15) is 56.0 Å². The highest BCUT2D eigenvalue weighted by Crippen LogP contribution is 2.23. The molecule has 0 unspecified atom stereocenters. The number of aromatic carboxylic acids is 2. The quantitative estimate of drug-likeness (QED) is 0.0271. The van der Waals surface area contributed by atoms with E-state index in [1.807, 2.05) is 0 Å². The van der Waals surface area contributed by atoms with Crippen molar-refractivity contribution in [3.8, 4) is 11.5 Å². The minimum absolute atomic E-state index is 0.0607. The summed E-state index contributed by atoms with van der Waals surface area (Å²) in [6.07, 6.45) is 6.51. The zero-order valence-corrected chi connectivity index (χ0v) is 26.2. The van der Waals surface area contributed by atoms with Gasteiger partial charge in [-0.15, -0.1) is 5.10 Å². The molecule has 13 N–H and O–H groups in total. The van der Waals surface area contributed by atoms with Crippen molar-refractivity contribution >= 4 is 36.2 Å². The molecule has 0 aliphatic carbocycles. The lowest BCUT2D eigenvalue weighted by molar-refractivity contribution is -0.106. The van der Waals surface area contributed by atoms with Gasteiger partial charge in [-0.3, -0.25) is 20.4 Å². The van der Waals surface area contributed by atoms with Crippen LogP contribution in [0.3, 0.4) is 0 Å². The van der Waals surface area contributed by atoms with Crippen molar-refractivity contribution in [3.05, 3.63) is 88.6 Å². The Balaban J connectivity index is 0.000000738. The fraction of sp³-hybridized carbons (Fsp3) is 0.233. The molecule has 0 fully saturated rings. The number of carbonyl (C=O) groups is 4. The first-order valence-electron chi connectivity index (χ1n) is 14.1. The predicted molar refractivity (Wildman–Crippen MR) is 176 cm³/mol. The molecule has 258 valence electrons. The van der Waals surface area contributed by atoms with Gasteiger partial charge in [0.05, 0.1) is 30.0 Å². The van der Waals surface area contributed by atoms with Crippen molar-refractivity contribution < 1.29 is 38.9 Å². The van der Waals surface area contributed by atoms with E-state index in [-0.39, 0.29) is 41.0 Å². The van der Waals surface area contributed by atoms with Crippen LogP contribution in [0.25, 0.3) is 0 Å². The van der Waals surface area contributed by atoms with E-state index in [1.54, 1.807) is 37.4 Å². The molecule has 2 aromatic carbocycles. The molecule has 18 heteroatoms. The van der Waals surface area contributed by atoms with Crippen LogP contribution in [0.4, 0.5) is 5.69 Å². The third-order valence-corrected chi connectivity index (χ3v) is 6.02. The number of carbonyl (C=O) groups excluding carboxylic acids is 2. The van der Waals surface area contributed by atoms with Gasteiger partial charge in [0.1, 0.15) is 17.2 Å². The second-order valence-corrected chi connectivity index (χ2v) is 9.39. The molecule has 3 rings (SSSR count). The minimum Gasteiger partial charge on any atom is -0.494 e. The van der Waals surface area contributed by atoms with E-state index in [4.69, 9.17) is 47.7 Å². The summed E-state index contributed by atoms with van der Waals surface area (Å²) in [5.41, 5.74) is 5.82. The lowest BCUT2D eigenvalue weighted by Gasteiger charge is -2.11. The van der Waals surface area contributed by atoms with Crippen molar-refractivity contribution in [2.45, 2.75) is 25.7 Å². The fourth-order valence-electron chi connectivity index (χ4n) is 3.70. The van der Waals surface area contributed by atoms with Gasteiger partial charge in [-0.1, -0.05) is 6.08 Å². The van der Waals surface area contributed by atoms with E-state index in [0.29, 0.717) is 47.4 Å². The zero-order chi connectivity index (χ0) is 36.1. The SMILES string of the molecule is CNc1cc(OCCCCCOc2ccc(C(=O)O)c(C/C=C\C(=N)N(N)N)c2)ccc1C(=O)O.N=c1ccc(C=O)nn1N.NC=O. The number of ether oxygens (including phenoxy) is 2. The van der Waals surface area contributed by atoms with Crippen LogP contribution in [0.2, 0.25) is 0 Å². The maximum absolute atomic E-state index is 11.5. The van der Waals surface area contributed by atoms with Crippen molar-refractivity contribution in [2.75, 3.05) is 31.4 Å². The number of anilines is 1. The van der Waals surface area contributed by atoms with Gasteiger partial charge in [-0.2, -0.15) is 4.79 Å².